The zero-order chi connectivity index (χ0) is 21.7. The number of hydrogen-bond acceptors (Lipinski definition) is 4. The lowest BCUT2D eigenvalue weighted by atomic mass is 9.94. The average molecular weight is 444 g/mol. The minimum Gasteiger partial charge on any atom is -0.270 e. The van der Waals surface area contributed by atoms with E-state index in [1.54, 1.807) is 22.7 Å². The molecule has 2 aromatic carbocycles. The van der Waals surface area contributed by atoms with Crippen molar-refractivity contribution >= 4 is 55.7 Å². The summed E-state index contributed by atoms with van der Waals surface area (Å²) in [6.45, 7) is 6.37. The Balaban J connectivity index is 1.74. The number of hydrogen-bond donors (Lipinski definition) is 0. The molecule has 3 heterocycles. The molecular weight excluding hydrogens is 422 g/mol. The Morgan fingerprint density at radius 3 is 2.16 bits per heavy atom. The summed E-state index contributed by atoms with van der Waals surface area (Å²) in [5.74, 6) is -0.418. The van der Waals surface area contributed by atoms with E-state index in [-0.39, 0.29) is 18.4 Å². The second-order valence-electron chi connectivity index (χ2n) is 7.79. The van der Waals surface area contributed by atoms with Gasteiger partial charge in [0.15, 0.2) is 0 Å². The van der Waals surface area contributed by atoms with E-state index >= 15 is 0 Å². The minimum atomic E-state index is -0.209. The quantitative estimate of drug-likeness (QED) is 0.344. The van der Waals surface area contributed by atoms with Gasteiger partial charge < -0.3 is 0 Å². The smallest absolute Gasteiger partial charge is 0.262 e. The van der Waals surface area contributed by atoms with Crippen molar-refractivity contribution in [3.05, 3.63) is 92.0 Å². The van der Waals surface area contributed by atoms with Gasteiger partial charge in [0.25, 0.3) is 11.8 Å². The van der Waals surface area contributed by atoms with Gasteiger partial charge in [-0.1, -0.05) is 48.5 Å². The summed E-state index contributed by atoms with van der Waals surface area (Å²) >= 11 is 3.33. The average Bonchev–Trinajstić information content (AvgIpc) is 3.34. The summed E-state index contributed by atoms with van der Waals surface area (Å²) in [6.07, 6.45) is 0. The van der Waals surface area contributed by atoms with Gasteiger partial charge in [-0.25, -0.2) is 0 Å². The second kappa shape index (κ2) is 7.59. The van der Waals surface area contributed by atoms with Gasteiger partial charge >= 0.3 is 0 Å². The number of aryl methyl sites for hydroxylation is 3. The van der Waals surface area contributed by atoms with Crippen LogP contribution in [0.2, 0.25) is 0 Å². The summed E-state index contributed by atoms with van der Waals surface area (Å²) in [5, 5.41) is 1.03. The third kappa shape index (κ3) is 3.25. The number of nitrogens with zero attached hydrogens (tertiary/aromatic N) is 1. The van der Waals surface area contributed by atoms with E-state index < -0.39 is 0 Å². The van der Waals surface area contributed by atoms with E-state index in [1.807, 2.05) is 75.4 Å². The maximum atomic E-state index is 13.8. The number of benzene rings is 2. The van der Waals surface area contributed by atoms with Gasteiger partial charge in [-0.3, -0.25) is 14.5 Å². The number of thiophene rings is 2. The van der Waals surface area contributed by atoms with Crippen molar-refractivity contribution in [3.8, 4) is 0 Å². The number of carbonyl (C=O) groups excluding carboxylic acids is 2. The van der Waals surface area contributed by atoms with Crippen LogP contribution in [0.25, 0.3) is 21.2 Å². The van der Waals surface area contributed by atoms with E-state index in [9.17, 15) is 9.59 Å². The second-order valence-corrected chi connectivity index (χ2v) is 10.5. The standard InChI is InChI=1S/C26H21NO2S2/c1-15-13-20(16(2)30-15)23-24(22-17(3)31-21-12-8-7-11-19(21)22)26(29)27(25(23)28)14-18-9-5-4-6-10-18/h4-13H,14H2,1-3H3. The molecule has 0 radical (unpaired) electrons. The fraction of sp³-hybridized carbons (Fsp3) is 0.154. The molecule has 0 N–H and O–H groups in total. The molecule has 0 saturated heterocycles. The minimum absolute atomic E-state index is 0.209. The van der Waals surface area contributed by atoms with Crippen molar-refractivity contribution in [1.29, 1.82) is 0 Å². The molecule has 5 rings (SSSR count). The Morgan fingerprint density at radius 2 is 1.45 bits per heavy atom. The molecule has 0 unspecified atom stereocenters. The highest BCUT2D eigenvalue weighted by molar-refractivity contribution is 7.19. The van der Waals surface area contributed by atoms with Crippen LogP contribution in [-0.2, 0) is 16.1 Å². The van der Waals surface area contributed by atoms with Crippen LogP contribution < -0.4 is 0 Å². The normalized spacial score (nSPS) is 14.4. The molecule has 2 aromatic heterocycles. The van der Waals surface area contributed by atoms with Crippen LogP contribution in [0.15, 0.2) is 60.7 Å². The van der Waals surface area contributed by atoms with Gasteiger partial charge in [-0.05, 0) is 38.5 Å². The van der Waals surface area contributed by atoms with Gasteiger partial charge in [0, 0.05) is 35.8 Å². The Hall–Kier alpha value is -3.02. The van der Waals surface area contributed by atoms with E-state index in [1.165, 1.54) is 4.90 Å². The van der Waals surface area contributed by atoms with Crippen molar-refractivity contribution < 1.29 is 9.59 Å². The highest BCUT2D eigenvalue weighted by Crippen LogP contribution is 2.44. The van der Waals surface area contributed by atoms with Crippen LogP contribution in [-0.4, -0.2) is 16.7 Å². The van der Waals surface area contributed by atoms with Gasteiger partial charge in [0.1, 0.15) is 0 Å². The molecule has 1 aliphatic heterocycles. The predicted octanol–water partition coefficient (Wildman–Crippen LogP) is 6.37. The first-order chi connectivity index (χ1) is 15.0. The molecule has 5 heteroatoms. The van der Waals surface area contributed by atoms with Crippen LogP contribution in [0.3, 0.4) is 0 Å². The third-order valence-corrected chi connectivity index (χ3v) is 7.74. The summed E-state index contributed by atoms with van der Waals surface area (Å²) in [6, 6.07) is 19.8. The monoisotopic (exact) mass is 443 g/mol. The lowest BCUT2D eigenvalue weighted by molar-refractivity contribution is -0.136. The van der Waals surface area contributed by atoms with Crippen LogP contribution in [0.1, 0.15) is 31.3 Å². The van der Waals surface area contributed by atoms with Crippen molar-refractivity contribution in [2.75, 3.05) is 0 Å². The Bertz CT molecular complexity index is 1380. The lowest BCUT2D eigenvalue weighted by Gasteiger charge is -2.15. The van der Waals surface area contributed by atoms with Crippen LogP contribution in [0.4, 0.5) is 0 Å². The van der Waals surface area contributed by atoms with Crippen molar-refractivity contribution in [3.63, 3.8) is 0 Å². The molecule has 0 spiro atoms. The number of imide groups is 1. The summed E-state index contributed by atoms with van der Waals surface area (Å²) in [7, 11) is 0. The molecule has 4 aromatic rings. The Kier molecular flexibility index (Phi) is 4.88. The van der Waals surface area contributed by atoms with Gasteiger partial charge in [-0.15, -0.1) is 22.7 Å². The fourth-order valence-corrected chi connectivity index (χ4v) is 6.33. The van der Waals surface area contributed by atoms with E-state index in [0.717, 1.165) is 41.4 Å². The SMILES string of the molecule is Cc1cc(C2=C(c3c(C)sc4ccccc34)C(=O)N(Cc3ccccc3)C2=O)c(C)s1. The largest absolute Gasteiger partial charge is 0.270 e. The zero-order valence-electron chi connectivity index (χ0n) is 17.6. The molecule has 2 amide bonds. The van der Waals surface area contributed by atoms with E-state index in [4.69, 9.17) is 0 Å². The van der Waals surface area contributed by atoms with E-state index in [0.29, 0.717) is 11.1 Å². The fourth-order valence-electron chi connectivity index (χ4n) is 4.32. The topological polar surface area (TPSA) is 37.4 Å². The highest BCUT2D eigenvalue weighted by Gasteiger charge is 2.41. The van der Waals surface area contributed by atoms with Gasteiger partial charge in [0.2, 0.25) is 0 Å². The molecule has 1 aliphatic rings. The molecule has 0 bridgehead atoms. The highest BCUT2D eigenvalue weighted by atomic mass is 32.1. The summed E-state index contributed by atoms with van der Waals surface area (Å²) in [5.41, 5.74) is 3.79. The molecule has 0 fully saturated rings. The number of fused-ring (bicyclic) bond motifs is 1. The zero-order valence-corrected chi connectivity index (χ0v) is 19.2. The molecule has 0 atom stereocenters. The maximum absolute atomic E-state index is 13.8. The van der Waals surface area contributed by atoms with Crippen molar-refractivity contribution in [2.45, 2.75) is 27.3 Å². The Labute approximate surface area is 189 Å². The predicted molar refractivity (Wildman–Crippen MR) is 129 cm³/mol. The summed E-state index contributed by atoms with van der Waals surface area (Å²) < 4.78 is 1.13. The van der Waals surface area contributed by atoms with E-state index in [2.05, 4.69) is 6.07 Å². The number of carbonyl (C=O) groups is 2. The molecule has 0 saturated carbocycles. The number of rotatable bonds is 4. The molecule has 0 aliphatic carbocycles. The van der Waals surface area contributed by atoms with Gasteiger partial charge in [-0.2, -0.15) is 0 Å². The molecule has 3 nitrogen and oxygen atoms in total. The van der Waals surface area contributed by atoms with Crippen LogP contribution in [0.5, 0.6) is 0 Å². The number of amides is 2. The Morgan fingerprint density at radius 1 is 0.774 bits per heavy atom. The maximum Gasteiger partial charge on any atom is 0.262 e. The van der Waals surface area contributed by atoms with Crippen LogP contribution in [0, 0.1) is 20.8 Å². The molecular formula is C26H21NO2S2. The van der Waals surface area contributed by atoms with Crippen molar-refractivity contribution in [1.82, 2.24) is 4.90 Å². The van der Waals surface area contributed by atoms with Crippen molar-refractivity contribution in [2.24, 2.45) is 0 Å². The molecule has 154 valence electrons. The summed E-state index contributed by atoms with van der Waals surface area (Å²) in [4.78, 5) is 32.1. The molecule has 31 heavy (non-hydrogen) atoms. The van der Waals surface area contributed by atoms with Gasteiger partial charge in [0.05, 0.1) is 17.7 Å². The van der Waals surface area contributed by atoms with Crippen LogP contribution >= 0.6 is 22.7 Å². The first-order valence-corrected chi connectivity index (χ1v) is 11.8. The first kappa shape index (κ1) is 19.9. The third-order valence-electron chi connectivity index (χ3n) is 5.68. The first-order valence-electron chi connectivity index (χ1n) is 10.2. The lowest BCUT2D eigenvalue weighted by Crippen LogP contribution is -2.31.